The van der Waals surface area contributed by atoms with Crippen LogP contribution >= 0.6 is 0 Å². The summed E-state index contributed by atoms with van der Waals surface area (Å²) in [6.07, 6.45) is 0. The van der Waals surface area contributed by atoms with Crippen molar-refractivity contribution < 1.29 is 24.2 Å². The highest BCUT2D eigenvalue weighted by atomic mass is 16.5. The van der Waals surface area contributed by atoms with Gasteiger partial charge in [-0.25, -0.2) is 9.59 Å². The maximum Gasteiger partial charge on any atom is 0.345 e. The van der Waals surface area contributed by atoms with E-state index in [0.29, 0.717) is 5.56 Å². The van der Waals surface area contributed by atoms with Crippen molar-refractivity contribution in [1.29, 1.82) is 0 Å². The lowest BCUT2D eigenvalue weighted by molar-refractivity contribution is -0.156. The fraction of sp³-hybridized carbons (Fsp3) is 0.400. The van der Waals surface area contributed by atoms with Crippen LogP contribution in [0.2, 0.25) is 0 Å². The molecule has 1 aromatic carbocycles. The van der Waals surface area contributed by atoms with E-state index in [1.54, 1.807) is 44.2 Å². The first kappa shape index (κ1) is 15.0. The highest BCUT2D eigenvalue weighted by Gasteiger charge is 2.77. The number of aliphatic carboxylic acids is 1. The zero-order valence-corrected chi connectivity index (χ0v) is 12.1. The van der Waals surface area contributed by atoms with E-state index in [1.807, 2.05) is 0 Å². The monoisotopic (exact) mass is 291 g/mol. The van der Waals surface area contributed by atoms with Crippen molar-refractivity contribution in [2.24, 2.45) is 5.92 Å². The number of hydrogen-bond donors (Lipinski definition) is 1. The maximum absolute atomic E-state index is 12.5. The lowest BCUT2D eigenvalue weighted by Crippen LogP contribution is -2.42. The minimum atomic E-state index is -1.92. The molecule has 21 heavy (non-hydrogen) atoms. The molecule has 0 spiro atoms. The van der Waals surface area contributed by atoms with Gasteiger partial charge in [0.25, 0.3) is 11.4 Å². The predicted octanol–water partition coefficient (Wildman–Crippen LogP) is 1.16. The van der Waals surface area contributed by atoms with Crippen LogP contribution in [0.1, 0.15) is 24.2 Å². The Labute approximate surface area is 122 Å². The number of benzene rings is 1. The molecule has 0 aliphatic carbocycles. The van der Waals surface area contributed by atoms with Crippen molar-refractivity contribution in [3.05, 3.63) is 35.9 Å². The van der Waals surface area contributed by atoms with E-state index in [0.717, 1.165) is 12.0 Å². The van der Waals surface area contributed by atoms with E-state index in [-0.39, 0.29) is 5.92 Å². The fourth-order valence-corrected chi connectivity index (χ4v) is 2.79. The molecule has 0 bridgehead atoms. The maximum atomic E-state index is 12.5. The number of carbonyl (C=O) groups excluding carboxylic acids is 2. The molecule has 1 N–H and O–H groups in total. The average Bonchev–Trinajstić information content (AvgIpc) is 3.18. The van der Waals surface area contributed by atoms with Crippen LogP contribution in [0.3, 0.4) is 0 Å². The summed E-state index contributed by atoms with van der Waals surface area (Å²) >= 11 is 0. The van der Waals surface area contributed by atoms with E-state index < -0.39 is 29.4 Å². The number of hydrogen-bond acceptors (Lipinski definition) is 4. The molecule has 6 heteroatoms. The molecule has 112 valence electrons. The van der Waals surface area contributed by atoms with Gasteiger partial charge in [0.05, 0.1) is 13.2 Å². The van der Waals surface area contributed by atoms with Crippen molar-refractivity contribution >= 4 is 17.8 Å². The van der Waals surface area contributed by atoms with Gasteiger partial charge in [-0.1, -0.05) is 32.0 Å². The molecule has 0 radical (unpaired) electrons. The van der Waals surface area contributed by atoms with Gasteiger partial charge < -0.3 is 14.7 Å². The Kier molecular flexibility index (Phi) is 3.72. The molecule has 1 fully saturated rings. The Balaban J connectivity index is 2.44. The quantitative estimate of drug-likeness (QED) is 0.511. The van der Waals surface area contributed by atoms with Crippen LogP contribution < -0.4 is 0 Å². The summed E-state index contributed by atoms with van der Waals surface area (Å²) in [7, 11) is 1.12. The van der Waals surface area contributed by atoms with E-state index >= 15 is 0 Å². The summed E-state index contributed by atoms with van der Waals surface area (Å²) < 4.78 is 4.62. The molecule has 2 unspecified atom stereocenters. The minimum absolute atomic E-state index is 0.187. The van der Waals surface area contributed by atoms with Gasteiger partial charge in [0.1, 0.15) is 0 Å². The first-order valence-corrected chi connectivity index (χ1v) is 6.59. The van der Waals surface area contributed by atoms with Gasteiger partial charge in [0, 0.05) is 5.56 Å². The van der Waals surface area contributed by atoms with Gasteiger partial charge in [-0.3, -0.25) is 4.79 Å². The molecule has 1 heterocycles. The Bertz CT molecular complexity index is 583. The van der Waals surface area contributed by atoms with Crippen LogP contribution in [0.25, 0.3) is 0 Å². The number of esters is 1. The first-order valence-electron chi connectivity index (χ1n) is 6.59. The highest BCUT2D eigenvalue weighted by Crippen LogP contribution is 2.47. The van der Waals surface area contributed by atoms with Crippen LogP contribution in [0.4, 0.5) is 0 Å². The predicted molar refractivity (Wildman–Crippen MR) is 73.6 cm³/mol. The molecule has 2 rings (SSSR count). The molecule has 6 nitrogen and oxygen atoms in total. The summed E-state index contributed by atoms with van der Waals surface area (Å²) in [5.41, 5.74) is -1.58. The van der Waals surface area contributed by atoms with E-state index in [4.69, 9.17) is 0 Å². The van der Waals surface area contributed by atoms with Crippen LogP contribution in [-0.2, 0) is 14.3 Å². The molecule has 1 saturated heterocycles. The van der Waals surface area contributed by atoms with Crippen molar-refractivity contribution in [3.63, 3.8) is 0 Å². The second kappa shape index (κ2) is 5.20. The second-order valence-corrected chi connectivity index (χ2v) is 5.29. The number of carbonyl (C=O) groups is 3. The smallest absolute Gasteiger partial charge is 0.345 e. The third kappa shape index (κ3) is 2.07. The van der Waals surface area contributed by atoms with Gasteiger partial charge in [-0.05, 0) is 18.1 Å². The standard InChI is InChI=1S/C15H17NO5/c1-9(2)11-15(13(18)19,14(20)21-3)16(11)12(17)10-7-5-4-6-8-10/h4-9,11H,1-3H3,(H,18,19). The van der Waals surface area contributed by atoms with Crippen LogP contribution in [0.15, 0.2) is 30.3 Å². The molecule has 1 amide bonds. The van der Waals surface area contributed by atoms with Crippen molar-refractivity contribution in [2.75, 3.05) is 7.11 Å². The van der Waals surface area contributed by atoms with E-state index in [9.17, 15) is 19.5 Å². The van der Waals surface area contributed by atoms with E-state index in [1.165, 1.54) is 0 Å². The SMILES string of the molecule is COC(=O)C1(C(=O)O)C(C(C)C)N1C(=O)c1ccccc1. The summed E-state index contributed by atoms with van der Waals surface area (Å²) in [5, 5.41) is 9.50. The number of carboxylic acid groups (broad SMARTS) is 1. The second-order valence-electron chi connectivity index (χ2n) is 5.29. The van der Waals surface area contributed by atoms with Gasteiger partial charge in [0.2, 0.25) is 0 Å². The van der Waals surface area contributed by atoms with E-state index in [2.05, 4.69) is 4.74 Å². The van der Waals surface area contributed by atoms with Gasteiger partial charge in [-0.2, -0.15) is 0 Å². The molecule has 1 aromatic rings. The van der Waals surface area contributed by atoms with Crippen LogP contribution in [0, 0.1) is 5.92 Å². The Morgan fingerprint density at radius 2 is 1.81 bits per heavy atom. The summed E-state index contributed by atoms with van der Waals surface area (Å²) in [5.74, 6) is -2.95. The summed E-state index contributed by atoms with van der Waals surface area (Å²) in [4.78, 5) is 37.3. The molecular formula is C15H17NO5. The molecule has 1 aliphatic rings. The van der Waals surface area contributed by atoms with Crippen LogP contribution in [0.5, 0.6) is 0 Å². The lowest BCUT2D eigenvalue weighted by Gasteiger charge is -2.10. The molecule has 1 aliphatic heterocycles. The number of carboxylic acids is 1. The Hall–Kier alpha value is -2.37. The van der Waals surface area contributed by atoms with Gasteiger partial charge in [0.15, 0.2) is 0 Å². The third-order valence-electron chi connectivity index (χ3n) is 3.71. The molecule has 0 aromatic heterocycles. The Morgan fingerprint density at radius 1 is 1.24 bits per heavy atom. The van der Waals surface area contributed by atoms with Gasteiger partial charge in [-0.15, -0.1) is 0 Å². The number of amides is 1. The Morgan fingerprint density at radius 3 is 2.24 bits per heavy atom. The number of rotatable bonds is 4. The number of ether oxygens (including phenoxy) is 1. The largest absolute Gasteiger partial charge is 0.479 e. The topological polar surface area (TPSA) is 83.7 Å². The normalized spacial score (nSPS) is 23.8. The molecular weight excluding hydrogens is 274 g/mol. The lowest BCUT2D eigenvalue weighted by atomic mass is 9.97. The minimum Gasteiger partial charge on any atom is -0.479 e. The highest BCUT2D eigenvalue weighted by molar-refractivity contribution is 6.15. The first-order chi connectivity index (χ1) is 9.88. The summed E-state index contributed by atoms with van der Waals surface area (Å²) in [6.45, 7) is 3.53. The zero-order valence-electron chi connectivity index (χ0n) is 12.1. The van der Waals surface area contributed by atoms with Gasteiger partial charge >= 0.3 is 11.9 Å². The van der Waals surface area contributed by atoms with Crippen molar-refractivity contribution in [2.45, 2.75) is 25.4 Å². The van der Waals surface area contributed by atoms with Crippen molar-refractivity contribution in [3.8, 4) is 0 Å². The fourth-order valence-electron chi connectivity index (χ4n) is 2.79. The zero-order chi connectivity index (χ0) is 15.8. The molecule has 2 atom stereocenters. The van der Waals surface area contributed by atoms with Crippen molar-refractivity contribution in [1.82, 2.24) is 4.90 Å². The average molecular weight is 291 g/mol. The number of nitrogens with zero attached hydrogens (tertiary/aromatic N) is 1. The van der Waals surface area contributed by atoms with Crippen LogP contribution in [-0.4, -0.2) is 46.5 Å². The third-order valence-corrected chi connectivity index (χ3v) is 3.71. The summed E-state index contributed by atoms with van der Waals surface area (Å²) in [6, 6.07) is 7.58. The number of methoxy groups -OCH3 is 1. The molecule has 0 saturated carbocycles.